The van der Waals surface area contributed by atoms with Gasteiger partial charge in [0.25, 0.3) is 11.6 Å². The molecule has 0 radical (unpaired) electrons. The number of carbonyl (C=O) groups excluding carboxylic acids is 1. The molecule has 0 atom stereocenters. The molecule has 0 saturated carbocycles. The smallest absolute Gasteiger partial charge is 0.269 e. The van der Waals surface area contributed by atoms with Crippen LogP contribution in [0, 0.1) is 24.0 Å². The number of nitrogens with zero attached hydrogens (tertiary/aromatic N) is 1. The second kappa shape index (κ2) is 8.84. The van der Waals surface area contributed by atoms with Gasteiger partial charge in [0.05, 0.1) is 26.2 Å². The van der Waals surface area contributed by atoms with Crippen LogP contribution in [0.4, 0.5) is 11.4 Å². The van der Waals surface area contributed by atoms with Gasteiger partial charge in [-0.25, -0.2) is 8.42 Å². The van der Waals surface area contributed by atoms with Crippen molar-refractivity contribution in [2.75, 3.05) is 5.32 Å². The fourth-order valence-corrected chi connectivity index (χ4v) is 6.16. The van der Waals surface area contributed by atoms with E-state index in [1.165, 1.54) is 18.2 Å². The van der Waals surface area contributed by atoms with E-state index in [1.807, 2.05) is 32.0 Å². The third kappa shape index (κ3) is 4.84. The molecule has 1 amide bonds. The molecule has 33 heavy (non-hydrogen) atoms. The molecule has 4 rings (SSSR count). The largest absolute Gasteiger partial charge is 0.320 e. The fourth-order valence-electron chi connectivity index (χ4n) is 3.52. The van der Waals surface area contributed by atoms with Crippen LogP contribution in [-0.2, 0) is 20.4 Å². The molecule has 0 fully saturated rings. The first-order chi connectivity index (χ1) is 15.6. The van der Waals surface area contributed by atoms with E-state index < -0.39 is 14.8 Å². The molecule has 0 spiro atoms. The Morgan fingerprint density at radius 3 is 2.33 bits per heavy atom. The summed E-state index contributed by atoms with van der Waals surface area (Å²) in [7, 11) is -3.60. The van der Waals surface area contributed by atoms with Gasteiger partial charge in [-0.05, 0) is 72.5 Å². The number of thioether (sulfide) groups is 1. The Labute approximate surface area is 195 Å². The molecule has 9 heteroatoms. The zero-order valence-corrected chi connectivity index (χ0v) is 19.5. The summed E-state index contributed by atoms with van der Waals surface area (Å²) in [5, 5.41) is 13.6. The van der Waals surface area contributed by atoms with Crippen molar-refractivity contribution < 1.29 is 18.1 Å². The Kier molecular flexibility index (Phi) is 6.09. The van der Waals surface area contributed by atoms with Gasteiger partial charge in [-0.1, -0.05) is 30.0 Å². The molecule has 1 N–H and O–H groups in total. The predicted octanol–water partition coefficient (Wildman–Crippen LogP) is 5.27. The number of fused-ring (bicyclic) bond motifs is 1. The standard InChI is InChI=1S/C24H20N2O5S2/c1-15-4-3-5-16(2)20(15)14-33(30,31)19-10-11-21-22(13-19)32-23(24(27)25-21)12-17-6-8-18(9-7-17)26(28)29/h3-13H,14H2,1-2H3,(H,25,27)/b23-12+. The minimum atomic E-state index is -3.60. The molecule has 1 aliphatic heterocycles. The molecule has 1 heterocycles. The van der Waals surface area contributed by atoms with E-state index >= 15 is 0 Å². The van der Waals surface area contributed by atoms with Crippen LogP contribution in [0.3, 0.4) is 0 Å². The Bertz CT molecular complexity index is 1390. The average molecular weight is 481 g/mol. The summed E-state index contributed by atoms with van der Waals surface area (Å²) in [6.07, 6.45) is 1.62. The highest BCUT2D eigenvalue weighted by molar-refractivity contribution is 8.04. The minimum Gasteiger partial charge on any atom is -0.320 e. The number of carbonyl (C=O) groups is 1. The van der Waals surface area contributed by atoms with Gasteiger partial charge in [-0.15, -0.1) is 0 Å². The number of amides is 1. The minimum absolute atomic E-state index is 0.0398. The number of nitro groups is 1. The first-order valence-electron chi connectivity index (χ1n) is 10.0. The Morgan fingerprint density at radius 1 is 1.03 bits per heavy atom. The summed E-state index contributed by atoms with van der Waals surface area (Å²) in [5.41, 5.74) is 3.76. The molecule has 0 saturated heterocycles. The maximum absolute atomic E-state index is 13.1. The highest BCUT2D eigenvalue weighted by Crippen LogP contribution is 2.40. The third-order valence-corrected chi connectivity index (χ3v) is 8.11. The van der Waals surface area contributed by atoms with Crippen molar-refractivity contribution in [1.29, 1.82) is 0 Å². The van der Waals surface area contributed by atoms with E-state index in [0.29, 0.717) is 21.1 Å². The number of sulfone groups is 1. The van der Waals surface area contributed by atoms with Crippen molar-refractivity contribution in [3.05, 3.63) is 97.9 Å². The third-order valence-electron chi connectivity index (χ3n) is 5.38. The summed E-state index contributed by atoms with van der Waals surface area (Å²) in [6.45, 7) is 3.79. The van der Waals surface area contributed by atoms with Crippen LogP contribution in [-0.4, -0.2) is 19.2 Å². The number of anilines is 1. The maximum atomic E-state index is 13.1. The zero-order valence-electron chi connectivity index (χ0n) is 17.9. The first-order valence-corrected chi connectivity index (χ1v) is 12.5. The number of benzene rings is 3. The summed E-state index contributed by atoms with van der Waals surface area (Å²) < 4.78 is 26.3. The Morgan fingerprint density at radius 2 is 1.70 bits per heavy atom. The van der Waals surface area contributed by atoms with E-state index in [9.17, 15) is 23.3 Å². The zero-order chi connectivity index (χ0) is 23.8. The van der Waals surface area contributed by atoms with Crippen molar-refractivity contribution in [3.63, 3.8) is 0 Å². The molecule has 7 nitrogen and oxygen atoms in total. The number of hydrogen-bond acceptors (Lipinski definition) is 6. The molecule has 0 bridgehead atoms. The van der Waals surface area contributed by atoms with Gasteiger partial charge < -0.3 is 5.32 Å². The van der Waals surface area contributed by atoms with Crippen molar-refractivity contribution in [2.45, 2.75) is 29.4 Å². The lowest BCUT2D eigenvalue weighted by molar-refractivity contribution is -0.384. The molecule has 3 aromatic carbocycles. The van der Waals surface area contributed by atoms with Crippen molar-refractivity contribution in [3.8, 4) is 0 Å². The number of hydrogen-bond donors (Lipinski definition) is 1. The first kappa shape index (κ1) is 22.8. The van der Waals surface area contributed by atoms with Crippen LogP contribution in [0.5, 0.6) is 0 Å². The number of aryl methyl sites for hydroxylation is 2. The van der Waals surface area contributed by atoms with Crippen molar-refractivity contribution in [2.24, 2.45) is 0 Å². The van der Waals surface area contributed by atoms with Crippen LogP contribution >= 0.6 is 11.8 Å². The molecule has 168 valence electrons. The van der Waals surface area contributed by atoms with E-state index in [0.717, 1.165) is 28.5 Å². The fraction of sp³-hybridized carbons (Fsp3) is 0.125. The van der Waals surface area contributed by atoms with Gasteiger partial charge in [0.15, 0.2) is 9.84 Å². The number of nitrogens with one attached hydrogen (secondary N) is 1. The lowest BCUT2D eigenvalue weighted by Gasteiger charge is -2.20. The number of nitro benzene ring substituents is 1. The SMILES string of the molecule is Cc1cccc(C)c1CS(=O)(=O)c1ccc2c(c1)S/C(=C/c1ccc([N+](=O)[O-])cc1)C(=O)N2. The summed E-state index contributed by atoms with van der Waals surface area (Å²) in [5.74, 6) is -0.427. The highest BCUT2D eigenvalue weighted by Gasteiger charge is 2.25. The van der Waals surface area contributed by atoms with Crippen molar-refractivity contribution in [1.82, 2.24) is 0 Å². The van der Waals surface area contributed by atoms with Gasteiger partial charge in [0.1, 0.15) is 0 Å². The molecular weight excluding hydrogens is 460 g/mol. The van der Waals surface area contributed by atoms with Gasteiger partial charge in [-0.2, -0.15) is 0 Å². The average Bonchev–Trinajstić information content (AvgIpc) is 2.77. The topological polar surface area (TPSA) is 106 Å². The molecule has 0 unspecified atom stereocenters. The van der Waals surface area contributed by atoms with Crippen LogP contribution in [0.25, 0.3) is 6.08 Å². The normalized spacial score (nSPS) is 14.6. The van der Waals surface area contributed by atoms with Crippen LogP contribution in [0.15, 0.2) is 75.4 Å². The Hall–Kier alpha value is -3.43. The van der Waals surface area contributed by atoms with Gasteiger partial charge in [-0.3, -0.25) is 14.9 Å². The quantitative estimate of drug-likeness (QED) is 0.303. The monoisotopic (exact) mass is 480 g/mol. The second-order valence-electron chi connectivity index (χ2n) is 7.70. The lowest BCUT2D eigenvalue weighted by atomic mass is 10.1. The van der Waals surface area contributed by atoms with Gasteiger partial charge in [0, 0.05) is 17.0 Å². The van der Waals surface area contributed by atoms with Crippen LogP contribution in [0.1, 0.15) is 22.3 Å². The number of non-ortho nitro benzene ring substituents is 1. The molecule has 0 aliphatic carbocycles. The molecule has 0 aromatic heterocycles. The van der Waals surface area contributed by atoms with Gasteiger partial charge >= 0.3 is 0 Å². The maximum Gasteiger partial charge on any atom is 0.269 e. The number of rotatable bonds is 5. The van der Waals surface area contributed by atoms with E-state index in [1.54, 1.807) is 30.3 Å². The van der Waals surface area contributed by atoms with Crippen LogP contribution < -0.4 is 5.32 Å². The van der Waals surface area contributed by atoms with Crippen LogP contribution in [0.2, 0.25) is 0 Å². The summed E-state index contributed by atoms with van der Waals surface area (Å²) in [4.78, 5) is 24.0. The second-order valence-corrected chi connectivity index (χ2v) is 10.8. The summed E-state index contributed by atoms with van der Waals surface area (Å²) >= 11 is 1.16. The Balaban J connectivity index is 1.63. The highest BCUT2D eigenvalue weighted by atomic mass is 32.2. The summed E-state index contributed by atoms with van der Waals surface area (Å²) in [6, 6.07) is 16.2. The van der Waals surface area contributed by atoms with Crippen molar-refractivity contribution >= 4 is 45.0 Å². The molecular formula is C24H20N2O5S2. The van der Waals surface area contributed by atoms with E-state index in [-0.39, 0.29) is 22.2 Å². The molecule has 1 aliphatic rings. The molecule has 3 aromatic rings. The lowest BCUT2D eigenvalue weighted by Crippen LogP contribution is -2.17. The van der Waals surface area contributed by atoms with E-state index in [4.69, 9.17) is 0 Å². The van der Waals surface area contributed by atoms with Gasteiger partial charge in [0.2, 0.25) is 0 Å². The predicted molar refractivity (Wildman–Crippen MR) is 129 cm³/mol. The van der Waals surface area contributed by atoms with E-state index in [2.05, 4.69) is 5.32 Å².